The van der Waals surface area contributed by atoms with Gasteiger partial charge in [0.15, 0.2) is 0 Å². The van der Waals surface area contributed by atoms with Crippen LogP contribution in [0.4, 0.5) is 0 Å². The van der Waals surface area contributed by atoms with Crippen molar-refractivity contribution in [1.82, 2.24) is 4.31 Å². The minimum Gasteiger partial charge on any atom is -0.206 e. The smallest absolute Gasteiger partial charge is 0.206 e. The maximum atomic E-state index is 12.1. The second-order valence-corrected chi connectivity index (χ2v) is 8.44. The lowest BCUT2D eigenvalue weighted by Gasteiger charge is -2.14. The van der Waals surface area contributed by atoms with Gasteiger partial charge in [0.25, 0.3) is 10.0 Å². The Morgan fingerprint density at radius 2 is 2.27 bits per heavy atom. The van der Waals surface area contributed by atoms with Crippen LogP contribution in [0.3, 0.4) is 0 Å². The Labute approximate surface area is 102 Å². The van der Waals surface area contributed by atoms with Crippen molar-refractivity contribution in [2.24, 2.45) is 5.92 Å². The van der Waals surface area contributed by atoms with Crippen LogP contribution in [0.5, 0.6) is 0 Å². The van der Waals surface area contributed by atoms with Crippen LogP contribution < -0.4 is 0 Å². The van der Waals surface area contributed by atoms with E-state index in [-0.39, 0.29) is 0 Å². The number of thiophene rings is 1. The second kappa shape index (κ2) is 4.16. The quantitative estimate of drug-likeness (QED) is 0.842. The Kier molecular flexibility index (Phi) is 3.21. The summed E-state index contributed by atoms with van der Waals surface area (Å²) in [5.74, 6) is 0.475. The van der Waals surface area contributed by atoms with E-state index in [1.807, 2.05) is 0 Å². The van der Waals surface area contributed by atoms with Crippen LogP contribution in [-0.4, -0.2) is 25.8 Å². The highest BCUT2D eigenvalue weighted by atomic mass is 79.9. The van der Waals surface area contributed by atoms with Crippen LogP contribution in [0.1, 0.15) is 13.3 Å². The van der Waals surface area contributed by atoms with E-state index < -0.39 is 10.0 Å². The summed E-state index contributed by atoms with van der Waals surface area (Å²) in [6, 6.07) is 3.43. The fourth-order valence-electron chi connectivity index (χ4n) is 1.68. The maximum absolute atomic E-state index is 12.1. The highest BCUT2D eigenvalue weighted by Gasteiger charge is 2.31. The molecule has 15 heavy (non-hydrogen) atoms. The molecule has 1 fully saturated rings. The van der Waals surface area contributed by atoms with Gasteiger partial charge in [0.1, 0.15) is 4.21 Å². The van der Waals surface area contributed by atoms with Crippen molar-refractivity contribution in [3.8, 4) is 0 Å². The predicted octanol–water partition coefficient (Wildman–Crippen LogP) is 2.54. The zero-order valence-corrected chi connectivity index (χ0v) is 11.5. The molecule has 1 aliphatic rings. The molecular weight excluding hydrogens is 298 g/mol. The first-order valence-electron chi connectivity index (χ1n) is 4.75. The number of rotatable bonds is 2. The third kappa shape index (κ3) is 2.27. The van der Waals surface area contributed by atoms with Crippen LogP contribution >= 0.6 is 27.3 Å². The normalized spacial score (nSPS) is 23.5. The Morgan fingerprint density at radius 1 is 1.53 bits per heavy atom. The van der Waals surface area contributed by atoms with E-state index in [2.05, 4.69) is 22.9 Å². The van der Waals surface area contributed by atoms with E-state index in [1.165, 1.54) is 11.3 Å². The van der Waals surface area contributed by atoms with Gasteiger partial charge in [0.2, 0.25) is 0 Å². The molecule has 0 bridgehead atoms. The Hall–Kier alpha value is 0.0900. The van der Waals surface area contributed by atoms with Crippen molar-refractivity contribution in [1.29, 1.82) is 0 Å². The molecule has 0 N–H and O–H groups in total. The van der Waals surface area contributed by atoms with Gasteiger partial charge in [0.05, 0.1) is 3.79 Å². The first-order valence-corrected chi connectivity index (χ1v) is 7.80. The summed E-state index contributed by atoms with van der Waals surface area (Å²) in [7, 11) is -3.23. The van der Waals surface area contributed by atoms with E-state index in [4.69, 9.17) is 0 Å². The van der Waals surface area contributed by atoms with Crippen molar-refractivity contribution in [3.05, 3.63) is 15.9 Å². The highest BCUT2D eigenvalue weighted by Crippen LogP contribution is 2.30. The summed E-state index contributed by atoms with van der Waals surface area (Å²) in [4.78, 5) is 0. The lowest BCUT2D eigenvalue weighted by atomic mass is 10.2. The SMILES string of the molecule is CC1CCN(S(=O)(=O)c2ccc(Br)s2)C1. The van der Waals surface area contributed by atoms with Gasteiger partial charge in [0, 0.05) is 13.1 Å². The average Bonchev–Trinajstić information content (AvgIpc) is 2.74. The third-order valence-corrected chi connectivity index (χ3v) is 6.49. The van der Waals surface area contributed by atoms with E-state index in [1.54, 1.807) is 16.4 Å². The molecule has 0 aliphatic carbocycles. The van der Waals surface area contributed by atoms with E-state index in [9.17, 15) is 8.42 Å². The minimum atomic E-state index is -3.23. The Morgan fingerprint density at radius 3 is 2.73 bits per heavy atom. The van der Waals surface area contributed by atoms with E-state index in [0.29, 0.717) is 23.2 Å². The molecule has 3 nitrogen and oxygen atoms in total. The number of halogens is 1. The second-order valence-electron chi connectivity index (χ2n) is 3.82. The van der Waals surface area contributed by atoms with Crippen molar-refractivity contribution in [3.63, 3.8) is 0 Å². The van der Waals surface area contributed by atoms with Crippen LogP contribution in [0.2, 0.25) is 0 Å². The lowest BCUT2D eigenvalue weighted by molar-refractivity contribution is 0.466. The molecule has 1 aromatic rings. The van der Waals surface area contributed by atoms with Crippen LogP contribution in [0, 0.1) is 5.92 Å². The molecule has 1 atom stereocenters. The molecule has 0 aromatic carbocycles. The van der Waals surface area contributed by atoms with Gasteiger partial charge < -0.3 is 0 Å². The summed E-state index contributed by atoms with van der Waals surface area (Å²) in [6.45, 7) is 3.39. The zero-order chi connectivity index (χ0) is 11.1. The monoisotopic (exact) mass is 309 g/mol. The Bertz CT molecular complexity index is 454. The predicted molar refractivity (Wildman–Crippen MR) is 64.6 cm³/mol. The van der Waals surface area contributed by atoms with Crippen molar-refractivity contribution >= 4 is 37.3 Å². The maximum Gasteiger partial charge on any atom is 0.252 e. The molecule has 1 aromatic heterocycles. The minimum absolute atomic E-state index is 0.434. The fourth-order valence-corrected chi connectivity index (χ4v) is 5.42. The van der Waals surface area contributed by atoms with Crippen LogP contribution in [0.25, 0.3) is 0 Å². The lowest BCUT2D eigenvalue weighted by Crippen LogP contribution is -2.27. The van der Waals surface area contributed by atoms with Crippen molar-refractivity contribution < 1.29 is 8.42 Å². The number of hydrogen-bond donors (Lipinski definition) is 0. The number of hydrogen-bond acceptors (Lipinski definition) is 3. The topological polar surface area (TPSA) is 37.4 Å². The molecule has 6 heteroatoms. The largest absolute Gasteiger partial charge is 0.252 e. The molecule has 0 amide bonds. The average molecular weight is 310 g/mol. The van der Waals surface area contributed by atoms with E-state index >= 15 is 0 Å². The molecule has 0 saturated carbocycles. The molecule has 1 aliphatic heterocycles. The Balaban J connectivity index is 2.27. The van der Waals surface area contributed by atoms with Crippen LogP contribution in [-0.2, 0) is 10.0 Å². The van der Waals surface area contributed by atoms with Gasteiger partial charge in [-0.1, -0.05) is 6.92 Å². The number of nitrogens with zero attached hydrogens (tertiary/aromatic N) is 1. The van der Waals surface area contributed by atoms with Crippen molar-refractivity contribution in [2.75, 3.05) is 13.1 Å². The molecule has 0 radical (unpaired) electrons. The van der Waals surface area contributed by atoms with Gasteiger partial charge in [-0.05, 0) is 40.4 Å². The van der Waals surface area contributed by atoms with E-state index in [0.717, 1.165) is 10.2 Å². The van der Waals surface area contributed by atoms with Crippen molar-refractivity contribution in [2.45, 2.75) is 17.6 Å². The van der Waals surface area contributed by atoms with Gasteiger partial charge in [-0.2, -0.15) is 4.31 Å². The zero-order valence-electron chi connectivity index (χ0n) is 8.31. The summed E-state index contributed by atoms with van der Waals surface area (Å²) in [6.07, 6.45) is 0.964. The van der Waals surface area contributed by atoms with Crippen LogP contribution in [0.15, 0.2) is 20.1 Å². The molecule has 1 unspecified atom stereocenters. The van der Waals surface area contributed by atoms with Gasteiger partial charge in [-0.25, -0.2) is 8.42 Å². The molecule has 1 saturated heterocycles. The molecule has 2 rings (SSSR count). The summed E-state index contributed by atoms with van der Waals surface area (Å²) in [5.41, 5.74) is 0. The molecular formula is C9H12BrNO2S2. The third-order valence-electron chi connectivity index (χ3n) is 2.53. The molecule has 2 heterocycles. The van der Waals surface area contributed by atoms with Gasteiger partial charge >= 0.3 is 0 Å². The molecule has 0 spiro atoms. The first kappa shape index (κ1) is 11.6. The van der Waals surface area contributed by atoms with Gasteiger partial charge in [-0.3, -0.25) is 0 Å². The standard InChI is InChI=1S/C9H12BrNO2S2/c1-7-4-5-11(6-7)15(12,13)9-3-2-8(10)14-9/h2-3,7H,4-6H2,1H3. The summed E-state index contributed by atoms with van der Waals surface area (Å²) in [5, 5.41) is 0. The molecule has 84 valence electrons. The number of sulfonamides is 1. The first-order chi connectivity index (χ1) is 7.00. The summed E-state index contributed by atoms with van der Waals surface area (Å²) < 4.78 is 27.1. The highest BCUT2D eigenvalue weighted by molar-refractivity contribution is 9.11. The fraction of sp³-hybridized carbons (Fsp3) is 0.556. The summed E-state index contributed by atoms with van der Waals surface area (Å²) >= 11 is 4.55. The van der Waals surface area contributed by atoms with Gasteiger partial charge in [-0.15, -0.1) is 11.3 Å².